The van der Waals surface area contributed by atoms with E-state index in [1.54, 1.807) is 17.5 Å². The van der Waals surface area contributed by atoms with Crippen LogP contribution in [0.4, 0.5) is 0 Å². The SMILES string of the molecule is NNC(=O)c1sccc1Cn1ncccc1=O. The molecule has 1 amide bonds. The molecule has 17 heavy (non-hydrogen) atoms. The lowest BCUT2D eigenvalue weighted by molar-refractivity contribution is 0.0956. The van der Waals surface area contributed by atoms with Crippen LogP contribution in [0.3, 0.4) is 0 Å². The van der Waals surface area contributed by atoms with Crippen molar-refractivity contribution < 1.29 is 4.79 Å². The average molecular weight is 250 g/mol. The molecule has 6 nitrogen and oxygen atoms in total. The molecule has 2 aromatic rings. The van der Waals surface area contributed by atoms with E-state index in [0.29, 0.717) is 4.88 Å². The summed E-state index contributed by atoms with van der Waals surface area (Å²) < 4.78 is 1.29. The standard InChI is InChI=1S/C10H10N4O2S/c11-13-10(16)9-7(3-5-17-9)6-14-8(15)2-1-4-12-14/h1-5H,6,11H2,(H,13,16). The highest BCUT2D eigenvalue weighted by Gasteiger charge is 2.12. The van der Waals surface area contributed by atoms with Crippen molar-refractivity contribution in [3.8, 4) is 0 Å². The van der Waals surface area contributed by atoms with Gasteiger partial charge in [-0.2, -0.15) is 5.10 Å². The summed E-state index contributed by atoms with van der Waals surface area (Å²) in [6.07, 6.45) is 1.52. The second kappa shape index (κ2) is 4.89. The molecule has 3 N–H and O–H groups in total. The fourth-order valence-corrected chi connectivity index (χ4v) is 2.21. The van der Waals surface area contributed by atoms with Crippen molar-refractivity contribution in [1.29, 1.82) is 0 Å². The number of hydrogen-bond donors (Lipinski definition) is 2. The Kier molecular flexibility index (Phi) is 3.31. The van der Waals surface area contributed by atoms with Crippen LogP contribution in [0.1, 0.15) is 15.2 Å². The molecule has 0 aromatic carbocycles. The quantitative estimate of drug-likeness (QED) is 0.454. The van der Waals surface area contributed by atoms with Crippen molar-refractivity contribution in [3.05, 3.63) is 50.6 Å². The third kappa shape index (κ3) is 2.40. The Labute approximate surface area is 101 Å². The van der Waals surface area contributed by atoms with Gasteiger partial charge in [-0.15, -0.1) is 11.3 Å². The van der Waals surface area contributed by atoms with Gasteiger partial charge in [0, 0.05) is 12.3 Å². The van der Waals surface area contributed by atoms with Crippen molar-refractivity contribution >= 4 is 17.2 Å². The predicted octanol–water partition coefficient (Wildman–Crippen LogP) is -0.0434. The zero-order chi connectivity index (χ0) is 12.3. The number of carbonyl (C=O) groups excluding carboxylic acids is 1. The Morgan fingerprint density at radius 1 is 1.53 bits per heavy atom. The Morgan fingerprint density at radius 2 is 2.35 bits per heavy atom. The van der Waals surface area contributed by atoms with E-state index >= 15 is 0 Å². The molecule has 0 aliphatic rings. The van der Waals surface area contributed by atoms with Crippen LogP contribution in [-0.2, 0) is 6.54 Å². The number of nitrogens with two attached hydrogens (primary N) is 1. The van der Waals surface area contributed by atoms with Gasteiger partial charge in [0.05, 0.1) is 11.4 Å². The zero-order valence-corrected chi connectivity index (χ0v) is 9.61. The van der Waals surface area contributed by atoms with Crippen molar-refractivity contribution in [1.82, 2.24) is 15.2 Å². The van der Waals surface area contributed by atoms with Gasteiger partial charge in [-0.3, -0.25) is 15.0 Å². The second-order valence-corrected chi connectivity index (χ2v) is 4.18. The molecular formula is C10H10N4O2S. The normalized spacial score (nSPS) is 10.2. The maximum absolute atomic E-state index is 11.5. The lowest BCUT2D eigenvalue weighted by atomic mass is 10.2. The molecule has 7 heteroatoms. The smallest absolute Gasteiger partial charge is 0.275 e. The zero-order valence-electron chi connectivity index (χ0n) is 8.79. The summed E-state index contributed by atoms with van der Waals surface area (Å²) in [5.41, 5.74) is 2.58. The van der Waals surface area contributed by atoms with Gasteiger partial charge in [0.2, 0.25) is 0 Å². The van der Waals surface area contributed by atoms with E-state index in [1.807, 2.05) is 0 Å². The molecule has 0 bridgehead atoms. The Hall–Kier alpha value is -1.99. The highest BCUT2D eigenvalue weighted by Crippen LogP contribution is 2.16. The summed E-state index contributed by atoms with van der Waals surface area (Å²) in [5, 5.41) is 5.70. The first-order valence-corrected chi connectivity index (χ1v) is 5.70. The monoisotopic (exact) mass is 250 g/mol. The van der Waals surface area contributed by atoms with E-state index in [1.165, 1.54) is 28.3 Å². The van der Waals surface area contributed by atoms with Crippen molar-refractivity contribution in [2.75, 3.05) is 0 Å². The molecule has 0 aliphatic heterocycles. The van der Waals surface area contributed by atoms with Gasteiger partial charge in [-0.1, -0.05) is 0 Å². The molecule has 0 spiro atoms. The number of nitrogen functional groups attached to an aromatic ring is 1. The highest BCUT2D eigenvalue weighted by atomic mass is 32.1. The van der Waals surface area contributed by atoms with Gasteiger partial charge in [-0.05, 0) is 23.1 Å². The minimum absolute atomic E-state index is 0.210. The number of amides is 1. The molecular weight excluding hydrogens is 240 g/mol. The number of carbonyl (C=O) groups is 1. The van der Waals surface area contributed by atoms with Crippen LogP contribution in [-0.4, -0.2) is 15.7 Å². The molecule has 0 saturated carbocycles. The number of nitrogens with zero attached hydrogens (tertiary/aromatic N) is 2. The Balaban J connectivity index is 2.31. The topological polar surface area (TPSA) is 90.0 Å². The second-order valence-electron chi connectivity index (χ2n) is 3.27. The van der Waals surface area contributed by atoms with Crippen LogP contribution in [0.5, 0.6) is 0 Å². The Morgan fingerprint density at radius 3 is 3.06 bits per heavy atom. The van der Waals surface area contributed by atoms with Crippen molar-refractivity contribution in [2.45, 2.75) is 6.54 Å². The third-order valence-corrected chi connectivity index (χ3v) is 3.14. The summed E-state index contributed by atoms with van der Waals surface area (Å²) in [7, 11) is 0. The molecule has 0 radical (unpaired) electrons. The maximum Gasteiger partial charge on any atom is 0.275 e. The summed E-state index contributed by atoms with van der Waals surface area (Å²) in [4.78, 5) is 23.4. The number of thiophene rings is 1. The molecule has 0 saturated heterocycles. The molecule has 0 aliphatic carbocycles. The van der Waals surface area contributed by atoms with E-state index in [-0.39, 0.29) is 18.0 Å². The number of rotatable bonds is 3. The highest BCUT2D eigenvalue weighted by molar-refractivity contribution is 7.12. The molecule has 2 heterocycles. The van der Waals surface area contributed by atoms with Crippen LogP contribution in [0.25, 0.3) is 0 Å². The van der Waals surface area contributed by atoms with E-state index in [2.05, 4.69) is 10.5 Å². The molecule has 0 fully saturated rings. The minimum Gasteiger partial charge on any atom is -0.289 e. The van der Waals surface area contributed by atoms with E-state index in [9.17, 15) is 9.59 Å². The van der Waals surface area contributed by atoms with Crippen molar-refractivity contribution in [2.24, 2.45) is 5.84 Å². The van der Waals surface area contributed by atoms with Gasteiger partial charge < -0.3 is 0 Å². The number of hydrogen-bond acceptors (Lipinski definition) is 5. The molecule has 0 unspecified atom stereocenters. The largest absolute Gasteiger partial charge is 0.289 e. The maximum atomic E-state index is 11.5. The molecule has 88 valence electrons. The summed E-state index contributed by atoms with van der Waals surface area (Å²) in [6, 6.07) is 4.76. The van der Waals surface area contributed by atoms with E-state index in [0.717, 1.165) is 5.56 Å². The first kappa shape index (κ1) is 11.5. The lowest BCUT2D eigenvalue weighted by Gasteiger charge is -2.04. The number of aromatic nitrogens is 2. The van der Waals surface area contributed by atoms with Gasteiger partial charge >= 0.3 is 0 Å². The van der Waals surface area contributed by atoms with Gasteiger partial charge in [-0.25, -0.2) is 10.5 Å². The summed E-state index contributed by atoms with van der Waals surface area (Å²) in [5.74, 6) is 4.72. The van der Waals surface area contributed by atoms with Crippen LogP contribution in [0.15, 0.2) is 34.6 Å². The fourth-order valence-electron chi connectivity index (χ4n) is 1.39. The minimum atomic E-state index is -0.362. The van der Waals surface area contributed by atoms with Crippen LogP contribution in [0.2, 0.25) is 0 Å². The van der Waals surface area contributed by atoms with Crippen LogP contribution < -0.4 is 16.8 Å². The Bertz CT molecular complexity index is 590. The summed E-state index contributed by atoms with van der Waals surface area (Å²) >= 11 is 1.27. The molecule has 2 aromatic heterocycles. The van der Waals surface area contributed by atoms with Crippen molar-refractivity contribution in [3.63, 3.8) is 0 Å². The summed E-state index contributed by atoms with van der Waals surface area (Å²) in [6.45, 7) is 0.256. The number of hydrazine groups is 1. The molecule has 0 atom stereocenters. The van der Waals surface area contributed by atoms with Gasteiger partial charge in [0.25, 0.3) is 11.5 Å². The fraction of sp³-hybridized carbons (Fsp3) is 0.100. The predicted molar refractivity (Wildman–Crippen MR) is 63.6 cm³/mol. The third-order valence-electron chi connectivity index (χ3n) is 2.19. The van der Waals surface area contributed by atoms with Crippen LogP contribution in [0, 0.1) is 0 Å². The number of nitrogens with one attached hydrogen (secondary N) is 1. The first-order chi connectivity index (χ1) is 8.22. The van der Waals surface area contributed by atoms with Gasteiger partial charge in [0.1, 0.15) is 0 Å². The molecule has 2 rings (SSSR count). The van der Waals surface area contributed by atoms with E-state index < -0.39 is 0 Å². The van der Waals surface area contributed by atoms with E-state index in [4.69, 9.17) is 5.84 Å². The van der Waals surface area contributed by atoms with Gasteiger partial charge in [0.15, 0.2) is 0 Å². The first-order valence-electron chi connectivity index (χ1n) is 4.82. The van der Waals surface area contributed by atoms with Crippen LogP contribution >= 0.6 is 11.3 Å². The lowest BCUT2D eigenvalue weighted by Crippen LogP contribution is -2.30. The average Bonchev–Trinajstić information content (AvgIpc) is 2.79.